The van der Waals surface area contributed by atoms with Crippen molar-refractivity contribution in [3.8, 4) is 17.2 Å². The summed E-state index contributed by atoms with van der Waals surface area (Å²) in [5, 5.41) is 3.31. The Morgan fingerprint density at radius 3 is 2.74 bits per heavy atom. The van der Waals surface area contributed by atoms with E-state index in [4.69, 9.17) is 36.3 Å². The molecule has 1 amide bonds. The average Bonchev–Trinajstić information content (AvgIpc) is 2.85. The summed E-state index contributed by atoms with van der Waals surface area (Å²) in [6.45, 7) is 3.52. The van der Waals surface area contributed by atoms with Gasteiger partial charge in [-0.05, 0) is 43.2 Å². The van der Waals surface area contributed by atoms with Gasteiger partial charge in [0.25, 0.3) is 5.91 Å². The van der Waals surface area contributed by atoms with Gasteiger partial charge in [0.2, 0.25) is 0 Å². The number of fused-ring (bicyclic) bond motifs is 1. The number of methoxy groups -OCH3 is 1. The van der Waals surface area contributed by atoms with E-state index in [9.17, 15) is 9.18 Å². The zero-order chi connectivity index (χ0) is 24.1. The number of carbonyl (C=O) groups is 1. The number of ether oxygens (including phenoxy) is 4. The van der Waals surface area contributed by atoms with Crippen LogP contribution in [0.5, 0.6) is 17.2 Å². The first-order valence-electron chi connectivity index (χ1n) is 11.3. The molecule has 2 aliphatic rings. The molecule has 10 heteroatoms. The monoisotopic (exact) mass is 493 g/mol. The van der Waals surface area contributed by atoms with Crippen LogP contribution in [0.3, 0.4) is 0 Å². The predicted molar refractivity (Wildman–Crippen MR) is 126 cm³/mol. The molecule has 3 N–H and O–H groups in total. The van der Waals surface area contributed by atoms with Crippen molar-refractivity contribution in [1.29, 1.82) is 0 Å². The van der Waals surface area contributed by atoms with E-state index in [1.807, 2.05) is 0 Å². The van der Waals surface area contributed by atoms with Gasteiger partial charge in [0, 0.05) is 26.7 Å². The Morgan fingerprint density at radius 1 is 1.26 bits per heavy atom. The normalized spacial score (nSPS) is 20.1. The van der Waals surface area contributed by atoms with Gasteiger partial charge in [-0.15, -0.1) is 0 Å². The minimum Gasteiger partial charge on any atom is -0.494 e. The van der Waals surface area contributed by atoms with Gasteiger partial charge >= 0.3 is 0 Å². The van der Waals surface area contributed by atoms with Gasteiger partial charge in [0.05, 0.1) is 35.0 Å². The minimum absolute atomic E-state index is 0.166. The molecule has 2 aromatic carbocycles. The predicted octanol–water partition coefficient (Wildman–Crippen LogP) is 3.12. The van der Waals surface area contributed by atoms with Crippen molar-refractivity contribution in [2.45, 2.75) is 25.0 Å². The van der Waals surface area contributed by atoms with Crippen LogP contribution in [0.2, 0.25) is 5.02 Å². The quantitative estimate of drug-likeness (QED) is 0.431. The minimum atomic E-state index is -0.308. The standard InChI is InChI=1S/C24H29ClFN3O5/c1-31-20-14-29(8-2-10-32-16-5-3-15(26)4-6-16)9-7-19(20)28-24(30)17-13-18(25)21(27)23-22(17)33-11-12-34-23/h3-6,13,19-20H,2,7-12,14,27H2,1H3,(H,28,30). The number of likely N-dealkylation sites (tertiary alicyclic amines) is 1. The number of nitrogens with zero attached hydrogens (tertiary/aromatic N) is 1. The van der Waals surface area contributed by atoms with Crippen LogP contribution in [0.1, 0.15) is 23.2 Å². The largest absolute Gasteiger partial charge is 0.494 e. The first kappa shape index (κ1) is 24.4. The Morgan fingerprint density at radius 2 is 2.00 bits per heavy atom. The van der Waals surface area contributed by atoms with E-state index in [1.54, 1.807) is 19.2 Å². The van der Waals surface area contributed by atoms with E-state index in [-0.39, 0.29) is 34.6 Å². The fourth-order valence-corrected chi connectivity index (χ4v) is 4.40. The number of anilines is 1. The second-order valence-electron chi connectivity index (χ2n) is 8.27. The number of halogens is 2. The molecule has 1 fully saturated rings. The van der Waals surface area contributed by atoms with E-state index in [0.717, 1.165) is 25.9 Å². The van der Waals surface area contributed by atoms with E-state index in [0.29, 0.717) is 49.2 Å². The molecule has 0 aliphatic carbocycles. The van der Waals surface area contributed by atoms with Crippen LogP contribution in [0, 0.1) is 5.82 Å². The molecule has 1 saturated heterocycles. The fourth-order valence-electron chi connectivity index (χ4n) is 4.21. The number of nitrogens with one attached hydrogen (secondary N) is 1. The highest BCUT2D eigenvalue weighted by atomic mass is 35.5. The molecule has 0 radical (unpaired) electrons. The first-order valence-corrected chi connectivity index (χ1v) is 11.7. The molecule has 8 nitrogen and oxygen atoms in total. The smallest absolute Gasteiger partial charge is 0.255 e. The maximum Gasteiger partial charge on any atom is 0.255 e. The molecule has 2 atom stereocenters. The van der Waals surface area contributed by atoms with Crippen molar-refractivity contribution in [3.05, 3.63) is 46.7 Å². The Kier molecular flexibility index (Phi) is 7.97. The summed E-state index contributed by atoms with van der Waals surface area (Å²) in [5.74, 6) is 0.685. The maximum absolute atomic E-state index is 13.1. The third-order valence-electron chi connectivity index (χ3n) is 6.01. The van der Waals surface area contributed by atoms with Crippen LogP contribution in [0.25, 0.3) is 0 Å². The second-order valence-corrected chi connectivity index (χ2v) is 8.68. The van der Waals surface area contributed by atoms with Crippen molar-refractivity contribution in [2.24, 2.45) is 0 Å². The molecule has 2 aliphatic heterocycles. The molecule has 2 aromatic rings. The SMILES string of the molecule is COC1CN(CCCOc2ccc(F)cc2)CCC1NC(=O)c1cc(Cl)c(N)c2c1OCCO2. The molecule has 2 heterocycles. The van der Waals surface area contributed by atoms with Gasteiger partial charge in [-0.25, -0.2) is 4.39 Å². The summed E-state index contributed by atoms with van der Waals surface area (Å²) in [6.07, 6.45) is 1.37. The van der Waals surface area contributed by atoms with Gasteiger partial charge in [-0.1, -0.05) is 11.6 Å². The number of amides is 1. The number of piperidine rings is 1. The molecular weight excluding hydrogens is 465 g/mol. The molecule has 0 saturated carbocycles. The van der Waals surface area contributed by atoms with Gasteiger partial charge in [-0.3, -0.25) is 4.79 Å². The summed E-state index contributed by atoms with van der Waals surface area (Å²) in [5.41, 5.74) is 6.55. The molecule has 4 rings (SSSR count). The maximum atomic E-state index is 13.1. The number of benzene rings is 2. The number of rotatable bonds is 8. The van der Waals surface area contributed by atoms with Crippen molar-refractivity contribution < 1.29 is 28.1 Å². The third kappa shape index (κ3) is 5.65. The van der Waals surface area contributed by atoms with Crippen LogP contribution in [-0.4, -0.2) is 69.5 Å². The zero-order valence-electron chi connectivity index (χ0n) is 19.0. The Bertz CT molecular complexity index is 1010. The summed E-state index contributed by atoms with van der Waals surface area (Å²) >= 11 is 6.22. The van der Waals surface area contributed by atoms with Crippen LogP contribution < -0.4 is 25.3 Å². The third-order valence-corrected chi connectivity index (χ3v) is 6.32. The lowest BCUT2D eigenvalue weighted by Crippen LogP contribution is -2.55. The molecule has 184 valence electrons. The van der Waals surface area contributed by atoms with Crippen molar-refractivity contribution in [2.75, 3.05) is 52.3 Å². The molecule has 2 unspecified atom stereocenters. The molecule has 0 aromatic heterocycles. The molecule has 34 heavy (non-hydrogen) atoms. The van der Waals surface area contributed by atoms with Crippen molar-refractivity contribution >= 4 is 23.2 Å². The Balaban J connectivity index is 1.30. The summed E-state index contributed by atoms with van der Waals surface area (Å²) in [7, 11) is 1.64. The Labute approximate surface area is 203 Å². The van der Waals surface area contributed by atoms with E-state index in [2.05, 4.69) is 10.2 Å². The van der Waals surface area contributed by atoms with E-state index >= 15 is 0 Å². The number of hydrogen-bond donors (Lipinski definition) is 2. The summed E-state index contributed by atoms with van der Waals surface area (Å²) in [6, 6.07) is 7.34. The highest BCUT2D eigenvalue weighted by Crippen LogP contribution is 2.43. The fraction of sp³-hybridized carbons (Fsp3) is 0.458. The number of nitrogens with two attached hydrogens (primary N) is 1. The topological polar surface area (TPSA) is 95.3 Å². The van der Waals surface area contributed by atoms with Crippen LogP contribution in [-0.2, 0) is 4.74 Å². The second kappa shape index (κ2) is 11.1. The first-order chi connectivity index (χ1) is 16.5. The van der Waals surface area contributed by atoms with Crippen LogP contribution in [0.4, 0.5) is 10.1 Å². The average molecular weight is 494 g/mol. The Hall–Kier alpha value is -2.75. The lowest BCUT2D eigenvalue weighted by Gasteiger charge is -2.38. The van der Waals surface area contributed by atoms with Crippen molar-refractivity contribution in [3.63, 3.8) is 0 Å². The summed E-state index contributed by atoms with van der Waals surface area (Å²) in [4.78, 5) is 15.4. The van der Waals surface area contributed by atoms with Crippen molar-refractivity contribution in [1.82, 2.24) is 10.2 Å². The number of hydrogen-bond acceptors (Lipinski definition) is 7. The van der Waals surface area contributed by atoms with Gasteiger partial charge in [-0.2, -0.15) is 0 Å². The lowest BCUT2D eigenvalue weighted by atomic mass is 10.0. The van der Waals surface area contributed by atoms with Gasteiger partial charge in [0.15, 0.2) is 11.5 Å². The molecule has 0 spiro atoms. The van der Waals surface area contributed by atoms with E-state index in [1.165, 1.54) is 18.2 Å². The molecular formula is C24H29ClFN3O5. The summed E-state index contributed by atoms with van der Waals surface area (Å²) < 4.78 is 35.6. The number of carbonyl (C=O) groups excluding carboxylic acids is 1. The van der Waals surface area contributed by atoms with Gasteiger partial charge in [0.1, 0.15) is 24.8 Å². The highest BCUT2D eigenvalue weighted by Gasteiger charge is 2.32. The van der Waals surface area contributed by atoms with Gasteiger partial charge < -0.3 is 34.9 Å². The van der Waals surface area contributed by atoms with Crippen LogP contribution in [0.15, 0.2) is 30.3 Å². The molecule has 0 bridgehead atoms. The highest BCUT2D eigenvalue weighted by molar-refractivity contribution is 6.34. The van der Waals surface area contributed by atoms with E-state index < -0.39 is 0 Å². The zero-order valence-corrected chi connectivity index (χ0v) is 19.8. The lowest BCUT2D eigenvalue weighted by molar-refractivity contribution is 0.00523. The number of nitrogen functional groups attached to an aromatic ring is 1. The van der Waals surface area contributed by atoms with Crippen LogP contribution >= 0.6 is 11.6 Å².